The van der Waals surface area contributed by atoms with Crippen LogP contribution in [0.3, 0.4) is 0 Å². The molecule has 200 valence electrons. The monoisotopic (exact) mass is 525 g/mol. The van der Waals surface area contributed by atoms with Crippen LogP contribution in [0.25, 0.3) is 11.0 Å². The van der Waals surface area contributed by atoms with Crippen LogP contribution in [-0.2, 0) is 17.8 Å². The van der Waals surface area contributed by atoms with Crippen molar-refractivity contribution in [3.63, 3.8) is 0 Å². The van der Waals surface area contributed by atoms with Crippen LogP contribution in [0.5, 0.6) is 23.0 Å². The highest BCUT2D eigenvalue weighted by molar-refractivity contribution is 5.97. The quantitative estimate of drug-likeness (QED) is 0.282. The van der Waals surface area contributed by atoms with Gasteiger partial charge in [0, 0.05) is 30.6 Å². The maximum Gasteiger partial charge on any atom is 0.227 e. The minimum Gasteiger partial charge on any atom is -0.493 e. The highest BCUT2D eigenvalue weighted by Gasteiger charge is 2.35. The maximum atomic E-state index is 13.2. The van der Waals surface area contributed by atoms with E-state index in [0.717, 1.165) is 34.5 Å². The molecule has 0 saturated carbocycles. The number of benzene rings is 3. The number of para-hydroxylation sites is 2. The molecule has 1 amide bonds. The lowest BCUT2D eigenvalue weighted by Gasteiger charge is -2.22. The number of ether oxygens (including phenoxy) is 4. The molecule has 1 fully saturated rings. The number of methoxy groups -OCH3 is 1. The predicted molar refractivity (Wildman–Crippen MR) is 149 cm³/mol. The van der Waals surface area contributed by atoms with Crippen LogP contribution >= 0.6 is 0 Å². The number of hydrogen-bond donors (Lipinski definition) is 0. The maximum absolute atomic E-state index is 13.2. The summed E-state index contributed by atoms with van der Waals surface area (Å²) in [6.45, 7) is 6.40. The Bertz CT molecular complexity index is 1530. The van der Waals surface area contributed by atoms with Crippen LogP contribution < -0.4 is 23.8 Å². The fourth-order valence-corrected chi connectivity index (χ4v) is 5.34. The van der Waals surface area contributed by atoms with Crippen molar-refractivity contribution in [3.05, 3.63) is 84.7 Å². The molecule has 4 aromatic rings. The fourth-order valence-electron chi connectivity index (χ4n) is 5.34. The Morgan fingerprint density at radius 2 is 1.90 bits per heavy atom. The number of anilines is 1. The van der Waals surface area contributed by atoms with E-state index in [1.807, 2.05) is 65.6 Å². The minimum absolute atomic E-state index is 0.0502. The largest absolute Gasteiger partial charge is 0.493 e. The lowest BCUT2D eigenvalue weighted by molar-refractivity contribution is -0.117. The molecule has 3 aromatic carbocycles. The SMILES string of the molecule is C=CCc1ccc(OCCn2c(C3CC(=O)N(c4ccc5c(c4)OCCO5)C3)nc3ccccc32)c(OC)c1. The summed E-state index contributed by atoms with van der Waals surface area (Å²) < 4.78 is 25.3. The first kappa shape index (κ1) is 24.9. The molecule has 1 unspecified atom stereocenters. The molecular weight excluding hydrogens is 494 g/mol. The zero-order valence-corrected chi connectivity index (χ0v) is 22.0. The van der Waals surface area contributed by atoms with Crippen molar-refractivity contribution in [1.29, 1.82) is 0 Å². The summed E-state index contributed by atoms with van der Waals surface area (Å²) in [4.78, 5) is 20.0. The van der Waals surface area contributed by atoms with Gasteiger partial charge in [-0.1, -0.05) is 24.3 Å². The van der Waals surface area contributed by atoms with Gasteiger partial charge >= 0.3 is 0 Å². The second kappa shape index (κ2) is 10.7. The van der Waals surface area contributed by atoms with Crippen molar-refractivity contribution >= 4 is 22.6 Å². The van der Waals surface area contributed by atoms with Crippen molar-refractivity contribution in [2.75, 3.05) is 38.4 Å². The summed E-state index contributed by atoms with van der Waals surface area (Å²) in [6.07, 6.45) is 3.02. The van der Waals surface area contributed by atoms with Crippen molar-refractivity contribution in [3.8, 4) is 23.0 Å². The lowest BCUT2D eigenvalue weighted by atomic mass is 10.1. The highest BCUT2D eigenvalue weighted by Crippen LogP contribution is 2.38. The van der Waals surface area contributed by atoms with E-state index in [-0.39, 0.29) is 11.8 Å². The third kappa shape index (κ3) is 4.90. The number of rotatable bonds is 9. The third-order valence-electron chi connectivity index (χ3n) is 7.19. The summed E-state index contributed by atoms with van der Waals surface area (Å²) in [5, 5.41) is 0. The molecule has 0 aliphatic carbocycles. The molecule has 8 nitrogen and oxygen atoms in total. The summed E-state index contributed by atoms with van der Waals surface area (Å²) in [6, 6.07) is 19.7. The van der Waals surface area contributed by atoms with Crippen LogP contribution in [-0.4, -0.2) is 48.9 Å². The first-order valence-electron chi connectivity index (χ1n) is 13.2. The first-order chi connectivity index (χ1) is 19.1. The number of nitrogens with zero attached hydrogens (tertiary/aromatic N) is 3. The number of imidazole rings is 1. The van der Waals surface area contributed by atoms with Gasteiger partial charge in [0.25, 0.3) is 0 Å². The second-order valence-electron chi connectivity index (χ2n) is 9.67. The Labute approximate surface area is 227 Å². The average Bonchev–Trinajstić information content (AvgIpc) is 3.54. The lowest BCUT2D eigenvalue weighted by Crippen LogP contribution is -2.25. The topological polar surface area (TPSA) is 75.1 Å². The molecule has 39 heavy (non-hydrogen) atoms. The summed E-state index contributed by atoms with van der Waals surface area (Å²) in [5.74, 6) is 3.68. The predicted octanol–water partition coefficient (Wildman–Crippen LogP) is 5.14. The zero-order chi connectivity index (χ0) is 26.8. The van der Waals surface area contributed by atoms with Gasteiger partial charge in [-0.2, -0.15) is 0 Å². The molecule has 6 rings (SSSR count). The molecular formula is C31H31N3O5. The number of allylic oxidation sites excluding steroid dienone is 1. The Balaban J connectivity index is 1.23. The smallest absolute Gasteiger partial charge is 0.227 e. The van der Waals surface area contributed by atoms with E-state index in [4.69, 9.17) is 23.9 Å². The van der Waals surface area contributed by atoms with Gasteiger partial charge in [-0.25, -0.2) is 4.98 Å². The number of aromatic nitrogens is 2. The summed E-state index contributed by atoms with van der Waals surface area (Å²) in [5.41, 5.74) is 3.86. The van der Waals surface area contributed by atoms with Crippen molar-refractivity contribution in [2.45, 2.75) is 25.3 Å². The van der Waals surface area contributed by atoms with Gasteiger partial charge < -0.3 is 28.4 Å². The van der Waals surface area contributed by atoms with E-state index in [1.54, 1.807) is 7.11 Å². The van der Waals surface area contributed by atoms with E-state index in [1.165, 1.54) is 0 Å². The number of amides is 1. The van der Waals surface area contributed by atoms with E-state index in [0.29, 0.717) is 62.3 Å². The molecule has 3 heterocycles. The van der Waals surface area contributed by atoms with Gasteiger partial charge in [-0.15, -0.1) is 6.58 Å². The van der Waals surface area contributed by atoms with Gasteiger partial charge in [0.15, 0.2) is 23.0 Å². The average molecular weight is 526 g/mol. The van der Waals surface area contributed by atoms with E-state index >= 15 is 0 Å². The molecule has 0 bridgehead atoms. The molecule has 0 radical (unpaired) electrons. The van der Waals surface area contributed by atoms with Gasteiger partial charge in [0.1, 0.15) is 25.6 Å². The number of fused-ring (bicyclic) bond motifs is 2. The van der Waals surface area contributed by atoms with Crippen LogP contribution in [0.4, 0.5) is 5.69 Å². The molecule has 8 heteroatoms. The normalized spacial score (nSPS) is 16.5. The third-order valence-corrected chi connectivity index (χ3v) is 7.19. The van der Waals surface area contributed by atoms with Crippen LogP contribution in [0, 0.1) is 0 Å². The zero-order valence-electron chi connectivity index (χ0n) is 22.0. The Kier molecular flexibility index (Phi) is 6.84. The van der Waals surface area contributed by atoms with E-state index in [2.05, 4.69) is 17.2 Å². The number of hydrogen-bond acceptors (Lipinski definition) is 6. The summed E-state index contributed by atoms with van der Waals surface area (Å²) >= 11 is 0. The number of carbonyl (C=O) groups excluding carboxylic acids is 1. The fraction of sp³-hybridized carbons (Fsp3) is 0.290. The second-order valence-corrected chi connectivity index (χ2v) is 9.67. The molecule has 2 aliphatic rings. The molecule has 2 aliphatic heterocycles. The van der Waals surface area contributed by atoms with Gasteiger partial charge in [0.05, 0.1) is 24.7 Å². The van der Waals surface area contributed by atoms with Crippen LogP contribution in [0.1, 0.15) is 23.7 Å². The Morgan fingerprint density at radius 1 is 1.05 bits per heavy atom. The first-order valence-corrected chi connectivity index (χ1v) is 13.2. The molecule has 1 aromatic heterocycles. The van der Waals surface area contributed by atoms with Gasteiger partial charge in [-0.3, -0.25) is 4.79 Å². The van der Waals surface area contributed by atoms with Gasteiger partial charge in [0.2, 0.25) is 5.91 Å². The molecule has 1 atom stereocenters. The van der Waals surface area contributed by atoms with E-state index in [9.17, 15) is 4.79 Å². The standard InChI is InChI=1S/C31H31N3O5/c1-3-6-21-9-11-26(28(17-21)36-2)37-14-13-33-25-8-5-4-7-24(25)32-31(33)22-18-30(35)34(20-22)23-10-12-27-29(19-23)39-16-15-38-27/h3-5,7-12,17,19,22H,1,6,13-16,18,20H2,2H3. The molecule has 0 spiro atoms. The van der Waals surface area contributed by atoms with Crippen LogP contribution in [0.15, 0.2) is 73.3 Å². The van der Waals surface area contributed by atoms with Crippen molar-refractivity contribution in [1.82, 2.24) is 9.55 Å². The van der Waals surface area contributed by atoms with Crippen molar-refractivity contribution in [2.24, 2.45) is 0 Å². The number of carbonyl (C=O) groups is 1. The highest BCUT2D eigenvalue weighted by atomic mass is 16.6. The Hall–Kier alpha value is -4.46. The minimum atomic E-state index is -0.0502. The van der Waals surface area contributed by atoms with Crippen LogP contribution in [0.2, 0.25) is 0 Å². The van der Waals surface area contributed by atoms with Crippen molar-refractivity contribution < 1.29 is 23.7 Å². The van der Waals surface area contributed by atoms with Gasteiger partial charge in [-0.05, 0) is 48.4 Å². The molecule has 1 saturated heterocycles. The Morgan fingerprint density at radius 3 is 2.74 bits per heavy atom. The van der Waals surface area contributed by atoms with E-state index < -0.39 is 0 Å². The molecule has 0 N–H and O–H groups in total. The summed E-state index contributed by atoms with van der Waals surface area (Å²) in [7, 11) is 1.64.